The van der Waals surface area contributed by atoms with E-state index in [1.165, 1.54) is 28.9 Å². The van der Waals surface area contributed by atoms with Crippen molar-refractivity contribution in [2.45, 2.75) is 30.3 Å². The summed E-state index contributed by atoms with van der Waals surface area (Å²) in [6, 6.07) is 20.1. The molecule has 0 atom stereocenters. The molecule has 21 heavy (non-hydrogen) atoms. The summed E-state index contributed by atoms with van der Waals surface area (Å²) in [7, 11) is 0. The van der Waals surface area contributed by atoms with E-state index in [4.69, 9.17) is 0 Å². The van der Waals surface area contributed by atoms with Crippen LogP contribution in [0.4, 0.5) is 0 Å². The Balaban J connectivity index is 1.43. The van der Waals surface area contributed by atoms with E-state index in [9.17, 15) is 0 Å². The van der Waals surface area contributed by atoms with E-state index >= 15 is 0 Å². The number of rotatable bonds is 7. The van der Waals surface area contributed by atoms with Gasteiger partial charge < -0.3 is 5.32 Å². The lowest BCUT2D eigenvalue weighted by atomic mass is 10.2. The van der Waals surface area contributed by atoms with Crippen LogP contribution in [0.1, 0.15) is 24.0 Å². The van der Waals surface area contributed by atoms with E-state index in [1.54, 1.807) is 0 Å². The molecule has 0 amide bonds. The number of hydrogen-bond donors (Lipinski definition) is 1. The van der Waals surface area contributed by atoms with Crippen LogP contribution in [0.5, 0.6) is 0 Å². The normalized spacial score (nSPS) is 14.7. The predicted molar refractivity (Wildman–Crippen MR) is 92.5 cm³/mol. The van der Waals surface area contributed by atoms with E-state index in [-0.39, 0.29) is 0 Å². The summed E-state index contributed by atoms with van der Waals surface area (Å²) in [4.78, 5) is 1.34. The predicted octanol–water partition coefficient (Wildman–Crippen LogP) is 4.74. The lowest BCUT2D eigenvalue weighted by molar-refractivity contribution is 0.687. The van der Waals surface area contributed by atoms with Crippen LogP contribution in [-0.4, -0.2) is 11.8 Å². The first-order valence-electron chi connectivity index (χ1n) is 7.57. The highest BCUT2D eigenvalue weighted by Crippen LogP contribution is 2.21. The van der Waals surface area contributed by atoms with Gasteiger partial charge in [0.1, 0.15) is 0 Å². The molecule has 1 aliphatic carbocycles. The second-order valence-electron chi connectivity index (χ2n) is 5.42. The van der Waals surface area contributed by atoms with Gasteiger partial charge in [-0.3, -0.25) is 0 Å². The molecule has 108 valence electrons. The van der Waals surface area contributed by atoms with Crippen molar-refractivity contribution >= 4 is 17.8 Å². The van der Waals surface area contributed by atoms with Gasteiger partial charge in [-0.2, -0.15) is 0 Å². The van der Waals surface area contributed by atoms with E-state index in [0.717, 1.165) is 18.3 Å². The molecule has 1 aliphatic rings. The molecule has 2 aromatic rings. The largest absolute Gasteiger partial charge is 0.310 e. The summed E-state index contributed by atoms with van der Waals surface area (Å²) < 4.78 is 0. The van der Waals surface area contributed by atoms with Crippen molar-refractivity contribution in [3.05, 3.63) is 71.8 Å². The standard InChI is InChI=1S/C19H21NS/c1-2-5-16(6-3-1)7-4-14-21-19-12-8-17(9-13-19)15-20-18-10-11-18/h1-9,12-13,18,20H,10-11,14-15H2/b7-4+. The van der Waals surface area contributed by atoms with Crippen LogP contribution in [0.15, 0.2) is 65.6 Å². The number of hydrogen-bond acceptors (Lipinski definition) is 2. The molecule has 0 bridgehead atoms. The van der Waals surface area contributed by atoms with Gasteiger partial charge in [-0.25, -0.2) is 0 Å². The van der Waals surface area contributed by atoms with E-state index < -0.39 is 0 Å². The maximum absolute atomic E-state index is 3.54. The quantitative estimate of drug-likeness (QED) is 0.740. The van der Waals surface area contributed by atoms with Crippen LogP contribution >= 0.6 is 11.8 Å². The zero-order valence-corrected chi connectivity index (χ0v) is 13.0. The molecular weight excluding hydrogens is 274 g/mol. The van der Waals surface area contributed by atoms with Crippen LogP contribution in [0.3, 0.4) is 0 Å². The molecule has 0 aromatic heterocycles. The summed E-state index contributed by atoms with van der Waals surface area (Å²) in [5.74, 6) is 1.01. The van der Waals surface area contributed by atoms with Crippen molar-refractivity contribution in [1.82, 2.24) is 5.32 Å². The topological polar surface area (TPSA) is 12.0 Å². The fourth-order valence-electron chi connectivity index (χ4n) is 2.15. The van der Waals surface area contributed by atoms with Crippen LogP contribution in [0, 0.1) is 0 Å². The highest BCUT2D eigenvalue weighted by molar-refractivity contribution is 7.99. The molecular formula is C19H21NS. The molecule has 0 saturated heterocycles. The van der Waals surface area contributed by atoms with Crippen molar-refractivity contribution < 1.29 is 0 Å². The summed E-state index contributed by atoms with van der Waals surface area (Å²) in [5, 5.41) is 3.54. The van der Waals surface area contributed by atoms with Crippen molar-refractivity contribution in [3.8, 4) is 0 Å². The summed E-state index contributed by atoms with van der Waals surface area (Å²) in [6.45, 7) is 1.00. The second kappa shape index (κ2) is 7.48. The molecule has 2 heteroatoms. The van der Waals surface area contributed by atoms with E-state index in [0.29, 0.717) is 0 Å². The van der Waals surface area contributed by atoms with Crippen LogP contribution in [0.25, 0.3) is 6.08 Å². The van der Waals surface area contributed by atoms with E-state index in [1.807, 2.05) is 17.8 Å². The van der Waals surface area contributed by atoms with Gasteiger partial charge >= 0.3 is 0 Å². The lowest BCUT2D eigenvalue weighted by Crippen LogP contribution is -2.14. The maximum atomic E-state index is 3.54. The van der Waals surface area contributed by atoms with Gasteiger partial charge in [-0.05, 0) is 36.1 Å². The van der Waals surface area contributed by atoms with Gasteiger partial charge in [-0.15, -0.1) is 11.8 Å². The fraction of sp³-hybridized carbons (Fsp3) is 0.263. The van der Waals surface area contributed by atoms with Crippen molar-refractivity contribution in [2.75, 3.05) is 5.75 Å². The minimum absolute atomic E-state index is 0.780. The Labute approximate surface area is 131 Å². The number of thioether (sulfide) groups is 1. The summed E-state index contributed by atoms with van der Waals surface area (Å²) >= 11 is 1.88. The van der Waals surface area contributed by atoms with Gasteiger partial charge in [0.25, 0.3) is 0 Å². The molecule has 0 unspecified atom stereocenters. The smallest absolute Gasteiger partial charge is 0.0208 e. The Hall–Kier alpha value is -1.51. The van der Waals surface area contributed by atoms with Crippen molar-refractivity contribution in [3.63, 3.8) is 0 Å². The monoisotopic (exact) mass is 295 g/mol. The Morgan fingerprint density at radius 3 is 2.48 bits per heavy atom. The van der Waals surface area contributed by atoms with Gasteiger partial charge in [-0.1, -0.05) is 54.6 Å². The minimum Gasteiger partial charge on any atom is -0.310 e. The molecule has 0 radical (unpaired) electrons. The van der Waals surface area contributed by atoms with Crippen LogP contribution in [0.2, 0.25) is 0 Å². The van der Waals surface area contributed by atoms with E-state index in [2.05, 4.69) is 66.0 Å². The first-order chi connectivity index (χ1) is 10.4. The second-order valence-corrected chi connectivity index (χ2v) is 6.52. The molecule has 0 spiro atoms. The van der Waals surface area contributed by atoms with Crippen LogP contribution < -0.4 is 5.32 Å². The molecule has 3 rings (SSSR count). The molecule has 1 nitrogen and oxygen atoms in total. The van der Waals surface area contributed by atoms with Gasteiger partial charge in [0.15, 0.2) is 0 Å². The maximum Gasteiger partial charge on any atom is 0.0208 e. The third-order valence-electron chi connectivity index (χ3n) is 3.55. The molecule has 2 aromatic carbocycles. The third kappa shape index (κ3) is 5.07. The average Bonchev–Trinajstić information content (AvgIpc) is 3.36. The van der Waals surface area contributed by atoms with Crippen molar-refractivity contribution in [1.29, 1.82) is 0 Å². The molecule has 0 aliphatic heterocycles. The third-order valence-corrected chi connectivity index (χ3v) is 4.52. The van der Waals surface area contributed by atoms with Gasteiger partial charge in [0.2, 0.25) is 0 Å². The molecule has 1 N–H and O–H groups in total. The van der Waals surface area contributed by atoms with Crippen LogP contribution in [-0.2, 0) is 6.54 Å². The molecule has 0 heterocycles. The fourth-order valence-corrected chi connectivity index (χ4v) is 2.86. The number of nitrogens with one attached hydrogen (secondary N) is 1. The highest BCUT2D eigenvalue weighted by Gasteiger charge is 2.19. The Morgan fingerprint density at radius 2 is 1.76 bits per heavy atom. The van der Waals surface area contributed by atoms with Gasteiger partial charge in [0.05, 0.1) is 0 Å². The summed E-state index contributed by atoms with van der Waals surface area (Å²) in [6.07, 6.45) is 7.10. The highest BCUT2D eigenvalue weighted by atomic mass is 32.2. The molecule has 1 fully saturated rings. The average molecular weight is 295 g/mol. The number of benzene rings is 2. The minimum atomic E-state index is 0.780. The Bertz CT molecular complexity index is 570. The lowest BCUT2D eigenvalue weighted by Gasteiger charge is -2.04. The first kappa shape index (κ1) is 14.4. The first-order valence-corrected chi connectivity index (χ1v) is 8.55. The zero-order chi connectivity index (χ0) is 14.3. The zero-order valence-electron chi connectivity index (χ0n) is 12.2. The Kier molecular flexibility index (Phi) is 5.14. The van der Waals surface area contributed by atoms with Gasteiger partial charge in [0, 0.05) is 23.2 Å². The summed E-state index contributed by atoms with van der Waals surface area (Å²) in [5.41, 5.74) is 2.64. The SMILES string of the molecule is C(=C\c1ccccc1)/CSc1ccc(CNC2CC2)cc1. The van der Waals surface area contributed by atoms with Crippen molar-refractivity contribution in [2.24, 2.45) is 0 Å². The molecule has 1 saturated carbocycles. The Morgan fingerprint density at radius 1 is 1.00 bits per heavy atom.